The molecule has 2 bridgehead atoms. The summed E-state index contributed by atoms with van der Waals surface area (Å²) in [5.74, 6) is 1.55. The zero-order valence-corrected chi connectivity index (χ0v) is 18.3. The molecule has 2 aliphatic heterocycles. The first kappa shape index (κ1) is 20.5. The number of hydrogen-bond acceptors (Lipinski definition) is 4. The van der Waals surface area contributed by atoms with Gasteiger partial charge in [-0.05, 0) is 54.2 Å². The van der Waals surface area contributed by atoms with Crippen LogP contribution in [0.5, 0.6) is 5.75 Å². The van der Waals surface area contributed by atoms with Crippen LogP contribution in [0.4, 0.5) is 0 Å². The summed E-state index contributed by atoms with van der Waals surface area (Å²) in [6, 6.07) is 24.1. The lowest BCUT2D eigenvalue weighted by Crippen LogP contribution is -2.49. The lowest BCUT2D eigenvalue weighted by Gasteiger charge is -2.47. The minimum absolute atomic E-state index is 0.0911. The molecule has 5 nitrogen and oxygen atoms in total. The van der Waals surface area contributed by atoms with Gasteiger partial charge in [-0.25, -0.2) is 0 Å². The van der Waals surface area contributed by atoms with Gasteiger partial charge in [-0.2, -0.15) is 5.26 Å². The smallest absolute Gasteiger partial charge is 0.251 e. The Bertz CT molecular complexity index is 1230. The first-order valence-corrected chi connectivity index (χ1v) is 11.2. The van der Waals surface area contributed by atoms with E-state index < -0.39 is 0 Å². The molecule has 0 amide bonds. The number of methoxy groups -OCH3 is 1. The predicted molar refractivity (Wildman–Crippen MR) is 124 cm³/mol. The fourth-order valence-electron chi connectivity index (χ4n) is 5.58. The number of likely N-dealkylation sites (tertiary alicyclic amines) is 1. The van der Waals surface area contributed by atoms with Crippen molar-refractivity contribution >= 4 is 0 Å². The van der Waals surface area contributed by atoms with Crippen LogP contribution < -0.4 is 10.3 Å². The fraction of sp³-hybridized carbons (Fsp3) is 0.333. The molecule has 32 heavy (non-hydrogen) atoms. The van der Waals surface area contributed by atoms with Crippen molar-refractivity contribution in [3.63, 3.8) is 0 Å². The molecule has 0 radical (unpaired) electrons. The molecule has 0 aliphatic carbocycles. The molecule has 162 valence electrons. The van der Waals surface area contributed by atoms with Crippen LogP contribution >= 0.6 is 0 Å². The van der Waals surface area contributed by atoms with Crippen molar-refractivity contribution in [3.05, 3.63) is 99.5 Å². The Morgan fingerprint density at radius 3 is 2.75 bits per heavy atom. The Balaban J connectivity index is 1.48. The summed E-state index contributed by atoms with van der Waals surface area (Å²) in [6.45, 7) is 2.59. The van der Waals surface area contributed by atoms with Gasteiger partial charge in [-0.3, -0.25) is 9.69 Å². The van der Waals surface area contributed by atoms with Gasteiger partial charge in [-0.15, -0.1) is 0 Å². The number of piperidine rings is 1. The number of aromatic nitrogens is 1. The van der Waals surface area contributed by atoms with Gasteiger partial charge < -0.3 is 9.30 Å². The average Bonchev–Trinajstić information content (AvgIpc) is 2.82. The van der Waals surface area contributed by atoms with E-state index in [9.17, 15) is 10.1 Å². The van der Waals surface area contributed by atoms with Gasteiger partial charge >= 0.3 is 0 Å². The maximum atomic E-state index is 13.0. The third-order valence-corrected chi connectivity index (χ3v) is 6.98. The lowest BCUT2D eigenvalue weighted by atomic mass is 9.76. The van der Waals surface area contributed by atoms with Gasteiger partial charge in [0.2, 0.25) is 0 Å². The Morgan fingerprint density at radius 2 is 1.91 bits per heavy atom. The number of ether oxygens (including phenoxy) is 1. The third kappa shape index (κ3) is 3.83. The lowest BCUT2D eigenvalue weighted by molar-refractivity contribution is 0.0852. The Kier molecular flexibility index (Phi) is 5.55. The topological polar surface area (TPSA) is 58.3 Å². The second-order valence-corrected chi connectivity index (χ2v) is 8.94. The SMILES string of the molecule is COc1cccc(C[C@H]2[C@H]3C[C@H](CN(Cc4ccccc4C#N)C3)c3cccc(=O)n32)c1. The number of rotatable bonds is 5. The van der Waals surface area contributed by atoms with Crippen LogP contribution in [-0.4, -0.2) is 29.7 Å². The van der Waals surface area contributed by atoms with E-state index in [4.69, 9.17) is 4.74 Å². The second-order valence-electron chi connectivity index (χ2n) is 8.94. The summed E-state index contributed by atoms with van der Waals surface area (Å²) in [7, 11) is 1.68. The quantitative estimate of drug-likeness (QED) is 0.617. The zero-order chi connectivity index (χ0) is 22.1. The molecule has 1 saturated heterocycles. The molecular weight excluding hydrogens is 398 g/mol. The maximum Gasteiger partial charge on any atom is 0.251 e. The van der Waals surface area contributed by atoms with Crippen molar-refractivity contribution in [3.8, 4) is 11.8 Å². The van der Waals surface area contributed by atoms with Gasteiger partial charge in [0, 0.05) is 43.4 Å². The van der Waals surface area contributed by atoms with Crippen LogP contribution in [0.3, 0.4) is 0 Å². The maximum absolute atomic E-state index is 13.0. The third-order valence-electron chi connectivity index (χ3n) is 6.98. The fourth-order valence-corrected chi connectivity index (χ4v) is 5.58. The van der Waals surface area contributed by atoms with Crippen molar-refractivity contribution in [2.45, 2.75) is 31.3 Å². The summed E-state index contributed by atoms with van der Waals surface area (Å²) in [6.07, 6.45) is 1.89. The first-order valence-electron chi connectivity index (χ1n) is 11.2. The van der Waals surface area contributed by atoms with E-state index in [1.54, 1.807) is 13.2 Å². The van der Waals surface area contributed by atoms with E-state index in [1.165, 1.54) is 5.56 Å². The average molecular weight is 426 g/mol. The molecule has 2 aromatic carbocycles. The highest BCUT2D eigenvalue weighted by Gasteiger charge is 2.40. The highest BCUT2D eigenvalue weighted by Crippen LogP contribution is 2.42. The normalized spacial score (nSPS) is 22.1. The molecule has 0 unspecified atom stereocenters. The van der Waals surface area contributed by atoms with E-state index in [0.29, 0.717) is 11.8 Å². The summed E-state index contributed by atoms with van der Waals surface area (Å²) < 4.78 is 7.48. The summed E-state index contributed by atoms with van der Waals surface area (Å²) in [4.78, 5) is 15.4. The molecule has 3 atom stereocenters. The number of pyridine rings is 1. The van der Waals surface area contributed by atoms with Gasteiger partial charge in [0.15, 0.2) is 0 Å². The zero-order valence-electron chi connectivity index (χ0n) is 18.3. The monoisotopic (exact) mass is 425 g/mol. The van der Waals surface area contributed by atoms with Crippen molar-refractivity contribution in [2.75, 3.05) is 20.2 Å². The van der Waals surface area contributed by atoms with E-state index in [1.807, 2.05) is 36.4 Å². The second kappa shape index (κ2) is 8.64. The minimum atomic E-state index is 0.0911. The highest BCUT2D eigenvalue weighted by molar-refractivity contribution is 5.37. The van der Waals surface area contributed by atoms with E-state index in [-0.39, 0.29) is 11.6 Å². The summed E-state index contributed by atoms with van der Waals surface area (Å²) in [5, 5.41) is 9.50. The van der Waals surface area contributed by atoms with Crippen LogP contribution in [0.15, 0.2) is 71.5 Å². The minimum Gasteiger partial charge on any atom is -0.497 e. The van der Waals surface area contributed by atoms with Crippen LogP contribution in [-0.2, 0) is 13.0 Å². The molecule has 5 rings (SSSR count). The van der Waals surface area contributed by atoms with Crippen LogP contribution in [0.2, 0.25) is 0 Å². The molecule has 0 spiro atoms. The highest BCUT2D eigenvalue weighted by atomic mass is 16.5. The summed E-state index contributed by atoms with van der Waals surface area (Å²) >= 11 is 0. The number of benzene rings is 2. The molecule has 0 saturated carbocycles. The van der Waals surface area contributed by atoms with E-state index in [2.05, 4.69) is 39.8 Å². The Labute approximate surface area is 188 Å². The van der Waals surface area contributed by atoms with Crippen molar-refractivity contribution < 1.29 is 4.74 Å². The largest absolute Gasteiger partial charge is 0.497 e. The number of nitrogens with zero attached hydrogens (tertiary/aromatic N) is 3. The van der Waals surface area contributed by atoms with Crippen LogP contribution in [0.1, 0.15) is 40.8 Å². The molecule has 2 aliphatic rings. The first-order chi connectivity index (χ1) is 15.7. The molecule has 3 aromatic rings. The van der Waals surface area contributed by atoms with Crippen molar-refractivity contribution in [1.82, 2.24) is 9.47 Å². The van der Waals surface area contributed by atoms with Crippen molar-refractivity contribution in [2.24, 2.45) is 5.92 Å². The molecular formula is C27H27N3O2. The number of hydrogen-bond donors (Lipinski definition) is 0. The molecule has 1 fully saturated rings. The number of fused-ring (bicyclic) bond motifs is 4. The molecule has 5 heteroatoms. The standard InChI is InChI=1S/C27H27N3O2/c1-32-24-9-4-6-19(12-24)13-26-23-14-22(25-10-5-11-27(31)30(25)26)17-29(18-23)16-21-8-3-2-7-20(21)15-28/h2-12,22-23,26H,13-14,16-18H2,1H3/t22-,23+,26+/m1/s1. The van der Waals surface area contributed by atoms with Gasteiger partial charge in [0.05, 0.1) is 18.7 Å². The van der Waals surface area contributed by atoms with Gasteiger partial charge in [0.25, 0.3) is 5.56 Å². The predicted octanol–water partition coefficient (Wildman–Crippen LogP) is 4.13. The van der Waals surface area contributed by atoms with E-state index >= 15 is 0 Å². The number of nitriles is 1. The van der Waals surface area contributed by atoms with Gasteiger partial charge in [-0.1, -0.05) is 36.4 Å². The molecule has 0 N–H and O–H groups in total. The van der Waals surface area contributed by atoms with Crippen LogP contribution in [0, 0.1) is 17.2 Å². The molecule has 1 aromatic heterocycles. The Morgan fingerprint density at radius 1 is 1.06 bits per heavy atom. The van der Waals surface area contributed by atoms with Crippen LogP contribution in [0.25, 0.3) is 0 Å². The Hall–Kier alpha value is -3.36. The van der Waals surface area contributed by atoms with Crippen molar-refractivity contribution in [1.29, 1.82) is 5.26 Å². The van der Waals surface area contributed by atoms with E-state index in [0.717, 1.165) is 55.0 Å². The van der Waals surface area contributed by atoms with Gasteiger partial charge in [0.1, 0.15) is 5.75 Å². The molecule has 3 heterocycles. The summed E-state index contributed by atoms with van der Waals surface area (Å²) in [5.41, 5.74) is 4.23.